The van der Waals surface area contributed by atoms with Crippen molar-refractivity contribution in [2.24, 2.45) is 0 Å². The normalized spacial score (nSPS) is 11.1. The number of methoxy groups -OCH3 is 1. The summed E-state index contributed by atoms with van der Waals surface area (Å²) in [7, 11) is 1.65. The Morgan fingerprint density at radius 3 is 2.48 bits per heavy atom. The van der Waals surface area contributed by atoms with Crippen molar-refractivity contribution in [1.29, 1.82) is 0 Å². The van der Waals surface area contributed by atoms with Crippen LogP contribution >= 0.6 is 39.1 Å². The summed E-state index contributed by atoms with van der Waals surface area (Å²) in [6.07, 6.45) is 1.10. The maximum atomic E-state index is 6.15. The third-order valence-corrected chi connectivity index (χ3v) is 6.26. The van der Waals surface area contributed by atoms with Gasteiger partial charge in [-0.15, -0.1) is 0 Å². The molecule has 0 unspecified atom stereocenters. The lowest BCUT2D eigenvalue weighted by Crippen LogP contribution is -2.27. The van der Waals surface area contributed by atoms with Crippen LogP contribution in [0.15, 0.2) is 34.8 Å². The van der Waals surface area contributed by atoms with Crippen molar-refractivity contribution in [3.63, 3.8) is 0 Å². The first-order valence-corrected chi connectivity index (χ1v) is 11.4. The summed E-state index contributed by atoms with van der Waals surface area (Å²) in [5.41, 5.74) is 1.98. The summed E-state index contributed by atoms with van der Waals surface area (Å²) in [4.78, 5) is 2.43. The summed E-state index contributed by atoms with van der Waals surface area (Å²) in [6.45, 7) is 9.66. The van der Waals surface area contributed by atoms with E-state index in [4.69, 9.17) is 32.7 Å². The second-order valence-electron chi connectivity index (χ2n) is 6.65. The average Bonchev–Trinajstić information content (AvgIpc) is 2.72. The molecule has 29 heavy (non-hydrogen) atoms. The van der Waals surface area contributed by atoms with Crippen LogP contribution in [0.5, 0.6) is 11.5 Å². The van der Waals surface area contributed by atoms with Crippen LogP contribution in [0.4, 0.5) is 0 Å². The molecule has 2 aromatic carbocycles. The number of hydrogen-bond donors (Lipinski definition) is 1. The van der Waals surface area contributed by atoms with Gasteiger partial charge in [-0.25, -0.2) is 0 Å². The third kappa shape index (κ3) is 7.34. The van der Waals surface area contributed by atoms with Gasteiger partial charge in [-0.3, -0.25) is 0 Å². The molecule has 0 aliphatic carbocycles. The van der Waals surface area contributed by atoms with Gasteiger partial charge in [-0.2, -0.15) is 0 Å². The predicted octanol–water partition coefficient (Wildman–Crippen LogP) is 6.17. The van der Waals surface area contributed by atoms with E-state index in [1.165, 1.54) is 0 Å². The lowest BCUT2D eigenvalue weighted by atomic mass is 10.1. The molecule has 0 saturated heterocycles. The van der Waals surface area contributed by atoms with Crippen LogP contribution in [-0.4, -0.2) is 38.2 Å². The molecule has 0 saturated carbocycles. The second-order valence-corrected chi connectivity index (χ2v) is 8.32. The Balaban J connectivity index is 2.04. The Bertz CT molecular complexity index is 786. The Kier molecular flexibility index (Phi) is 10.6. The topological polar surface area (TPSA) is 33.7 Å². The Labute approximate surface area is 192 Å². The smallest absolute Gasteiger partial charge is 0.167 e. The van der Waals surface area contributed by atoms with E-state index < -0.39 is 0 Å². The minimum Gasteiger partial charge on any atom is -0.493 e. The van der Waals surface area contributed by atoms with Crippen LogP contribution in [0.25, 0.3) is 0 Å². The van der Waals surface area contributed by atoms with Gasteiger partial charge in [0.05, 0.1) is 17.2 Å². The first-order chi connectivity index (χ1) is 14.0. The molecule has 0 aliphatic rings. The molecule has 1 N–H and O–H groups in total. The number of halogens is 3. The van der Waals surface area contributed by atoms with Gasteiger partial charge in [-0.05, 0) is 62.4 Å². The lowest BCUT2D eigenvalue weighted by molar-refractivity contribution is 0.279. The Morgan fingerprint density at radius 2 is 1.83 bits per heavy atom. The Hall–Kier alpha value is -0.980. The van der Waals surface area contributed by atoms with Gasteiger partial charge in [0.15, 0.2) is 11.5 Å². The maximum absolute atomic E-state index is 6.15. The number of nitrogens with one attached hydrogen (secondary N) is 1. The van der Waals surface area contributed by atoms with Gasteiger partial charge in [0, 0.05) is 16.6 Å². The van der Waals surface area contributed by atoms with E-state index in [9.17, 15) is 0 Å². The Morgan fingerprint density at radius 1 is 1.07 bits per heavy atom. The molecule has 0 radical (unpaired) electrons. The van der Waals surface area contributed by atoms with Crippen LogP contribution in [0.3, 0.4) is 0 Å². The van der Waals surface area contributed by atoms with Crippen LogP contribution in [-0.2, 0) is 13.2 Å². The molecule has 0 heterocycles. The van der Waals surface area contributed by atoms with Gasteiger partial charge >= 0.3 is 0 Å². The van der Waals surface area contributed by atoms with Gasteiger partial charge in [0.25, 0.3) is 0 Å². The molecule has 0 amide bonds. The average molecular weight is 504 g/mol. The first kappa shape index (κ1) is 24.3. The van der Waals surface area contributed by atoms with Crippen LogP contribution < -0.4 is 14.8 Å². The highest BCUT2D eigenvalue weighted by Gasteiger charge is 2.15. The van der Waals surface area contributed by atoms with Crippen molar-refractivity contribution >= 4 is 39.1 Å². The molecule has 0 fully saturated rings. The molecule has 0 bridgehead atoms. The van der Waals surface area contributed by atoms with E-state index in [1.54, 1.807) is 13.2 Å². The SMILES string of the molecule is CCN(CC)CCCNCc1c(Br)ccc(OC)c1OCc1ccc(Cl)c(Cl)c1. The molecule has 2 rings (SSSR count). The quantitative estimate of drug-likeness (QED) is 0.351. The maximum Gasteiger partial charge on any atom is 0.167 e. The van der Waals surface area contributed by atoms with Crippen LogP contribution in [0.1, 0.15) is 31.4 Å². The van der Waals surface area contributed by atoms with E-state index in [0.29, 0.717) is 28.9 Å². The molecular formula is C22H29BrCl2N2O2. The summed E-state index contributed by atoms with van der Waals surface area (Å²) in [6, 6.07) is 9.39. The molecule has 4 nitrogen and oxygen atoms in total. The summed E-state index contributed by atoms with van der Waals surface area (Å²) < 4.78 is 12.7. The number of benzene rings is 2. The molecule has 2 aromatic rings. The minimum atomic E-state index is 0.374. The summed E-state index contributed by atoms with van der Waals surface area (Å²) >= 11 is 15.8. The molecule has 0 spiro atoms. The van der Waals surface area contributed by atoms with E-state index in [2.05, 4.69) is 40.0 Å². The fourth-order valence-corrected chi connectivity index (χ4v) is 3.80. The predicted molar refractivity (Wildman–Crippen MR) is 126 cm³/mol. The van der Waals surface area contributed by atoms with E-state index in [0.717, 1.165) is 53.9 Å². The van der Waals surface area contributed by atoms with Gasteiger partial charge in [-0.1, -0.05) is 59.0 Å². The highest BCUT2D eigenvalue weighted by atomic mass is 79.9. The van der Waals surface area contributed by atoms with Gasteiger partial charge in [0.2, 0.25) is 0 Å². The van der Waals surface area contributed by atoms with E-state index in [-0.39, 0.29) is 0 Å². The lowest BCUT2D eigenvalue weighted by Gasteiger charge is -2.19. The fourth-order valence-electron chi connectivity index (χ4n) is 3.03. The summed E-state index contributed by atoms with van der Waals surface area (Å²) in [5.74, 6) is 1.43. The minimum absolute atomic E-state index is 0.374. The molecule has 0 atom stereocenters. The van der Waals surface area contributed by atoms with Crippen molar-refractivity contribution in [2.75, 3.05) is 33.3 Å². The number of rotatable bonds is 12. The molecule has 7 heteroatoms. The number of hydrogen-bond acceptors (Lipinski definition) is 4. The second kappa shape index (κ2) is 12.7. The third-order valence-electron chi connectivity index (χ3n) is 4.78. The largest absolute Gasteiger partial charge is 0.493 e. The standard InChI is InChI=1S/C22H29BrCl2N2O2/c1-4-27(5-2)12-6-11-26-14-17-18(23)8-10-21(28-3)22(17)29-15-16-7-9-19(24)20(25)13-16/h7-10,13,26H,4-6,11-12,14-15H2,1-3H3. The molecular weight excluding hydrogens is 475 g/mol. The number of ether oxygens (including phenoxy) is 2. The molecule has 160 valence electrons. The molecule has 0 aliphatic heterocycles. The zero-order valence-corrected chi connectivity index (χ0v) is 20.3. The van der Waals surface area contributed by atoms with Crippen molar-refractivity contribution < 1.29 is 9.47 Å². The summed E-state index contributed by atoms with van der Waals surface area (Å²) in [5, 5.41) is 4.57. The first-order valence-electron chi connectivity index (χ1n) is 9.85. The van der Waals surface area contributed by atoms with Gasteiger partial charge < -0.3 is 19.7 Å². The number of nitrogens with zero attached hydrogens (tertiary/aromatic N) is 1. The zero-order valence-electron chi connectivity index (χ0n) is 17.2. The zero-order chi connectivity index (χ0) is 21.2. The van der Waals surface area contributed by atoms with Crippen LogP contribution in [0, 0.1) is 0 Å². The van der Waals surface area contributed by atoms with E-state index in [1.807, 2.05) is 24.3 Å². The van der Waals surface area contributed by atoms with E-state index >= 15 is 0 Å². The van der Waals surface area contributed by atoms with Gasteiger partial charge in [0.1, 0.15) is 6.61 Å². The van der Waals surface area contributed by atoms with Crippen molar-refractivity contribution in [3.8, 4) is 11.5 Å². The van der Waals surface area contributed by atoms with Crippen molar-refractivity contribution in [3.05, 3.63) is 56.0 Å². The van der Waals surface area contributed by atoms with Crippen molar-refractivity contribution in [2.45, 2.75) is 33.4 Å². The monoisotopic (exact) mass is 502 g/mol. The van der Waals surface area contributed by atoms with Crippen LogP contribution in [0.2, 0.25) is 10.0 Å². The molecule has 0 aromatic heterocycles. The highest BCUT2D eigenvalue weighted by Crippen LogP contribution is 2.37. The fraction of sp³-hybridized carbons (Fsp3) is 0.455. The van der Waals surface area contributed by atoms with Crippen molar-refractivity contribution in [1.82, 2.24) is 10.2 Å². The highest BCUT2D eigenvalue weighted by molar-refractivity contribution is 9.10.